The molecule has 0 bridgehead atoms. The fraction of sp³-hybridized carbons (Fsp3) is 0.167. The van der Waals surface area contributed by atoms with Gasteiger partial charge in [0.05, 0.1) is 12.8 Å². The van der Waals surface area contributed by atoms with E-state index in [1.165, 1.54) is 7.11 Å². The summed E-state index contributed by atoms with van der Waals surface area (Å²) in [5.41, 5.74) is 3.52. The van der Waals surface area contributed by atoms with Gasteiger partial charge < -0.3 is 19.7 Å². The van der Waals surface area contributed by atoms with Crippen LogP contribution in [0.25, 0.3) is 6.08 Å². The number of Topliss-reactive ketones (excluding diaryl/α,β-unsaturated/α-hetero) is 1. The molecule has 0 aliphatic carbocycles. The van der Waals surface area contributed by atoms with Crippen molar-refractivity contribution in [1.82, 2.24) is 5.32 Å². The third kappa shape index (κ3) is 6.13. The largest absolute Gasteiger partial charge is 0.484 e. The number of methoxy groups -OCH3 is 1. The molecule has 7 nitrogen and oxygen atoms in total. The summed E-state index contributed by atoms with van der Waals surface area (Å²) < 4.78 is 10.5. The fourth-order valence-corrected chi connectivity index (χ4v) is 4.08. The van der Waals surface area contributed by atoms with Crippen molar-refractivity contribution >= 4 is 29.4 Å². The average molecular weight is 497 g/mol. The highest BCUT2D eigenvalue weighted by atomic mass is 16.5. The Balaban J connectivity index is 1.41. The van der Waals surface area contributed by atoms with Crippen LogP contribution in [0.3, 0.4) is 0 Å². The number of amides is 1. The Bertz CT molecular complexity index is 1330. The van der Waals surface area contributed by atoms with Crippen LogP contribution in [-0.4, -0.2) is 37.9 Å². The molecule has 37 heavy (non-hydrogen) atoms. The van der Waals surface area contributed by atoms with Crippen molar-refractivity contribution in [3.8, 4) is 5.75 Å². The maximum absolute atomic E-state index is 13.2. The molecule has 4 rings (SSSR count). The van der Waals surface area contributed by atoms with Crippen LogP contribution in [0.1, 0.15) is 18.1 Å². The summed E-state index contributed by atoms with van der Waals surface area (Å²) in [5, 5.41) is 2.85. The van der Waals surface area contributed by atoms with Crippen LogP contribution < -0.4 is 15.0 Å². The van der Waals surface area contributed by atoms with Crippen molar-refractivity contribution in [1.29, 1.82) is 0 Å². The molecule has 0 saturated heterocycles. The minimum Gasteiger partial charge on any atom is -0.484 e. The minimum atomic E-state index is -0.669. The van der Waals surface area contributed by atoms with Gasteiger partial charge in [-0.1, -0.05) is 60.7 Å². The molecular weight excluding hydrogens is 468 g/mol. The second kappa shape index (κ2) is 11.9. The SMILES string of the molecule is COC(=O)C1=C(C)N(c2ccccc2)/C(=C\c2ccc(OCC(=O)NCCc3ccccc3)cc2)C1=O. The predicted molar refractivity (Wildman–Crippen MR) is 142 cm³/mol. The molecule has 0 atom stereocenters. The van der Waals surface area contributed by atoms with Crippen LogP contribution in [0.2, 0.25) is 0 Å². The van der Waals surface area contributed by atoms with Gasteiger partial charge in [-0.3, -0.25) is 9.59 Å². The number of benzene rings is 3. The van der Waals surface area contributed by atoms with E-state index < -0.39 is 11.8 Å². The molecule has 1 N–H and O–H groups in total. The normalized spacial score (nSPS) is 14.2. The summed E-state index contributed by atoms with van der Waals surface area (Å²) in [6.07, 6.45) is 2.47. The van der Waals surface area contributed by atoms with E-state index in [0.29, 0.717) is 23.7 Å². The van der Waals surface area contributed by atoms with E-state index in [9.17, 15) is 14.4 Å². The quantitative estimate of drug-likeness (QED) is 0.270. The number of esters is 1. The summed E-state index contributed by atoms with van der Waals surface area (Å²) in [7, 11) is 1.26. The van der Waals surface area contributed by atoms with Gasteiger partial charge in [-0.2, -0.15) is 0 Å². The summed E-state index contributed by atoms with van der Waals surface area (Å²) in [5.74, 6) is -0.741. The van der Waals surface area contributed by atoms with Crippen LogP contribution in [0.4, 0.5) is 5.69 Å². The van der Waals surface area contributed by atoms with Crippen molar-refractivity contribution in [2.24, 2.45) is 0 Å². The highest BCUT2D eigenvalue weighted by molar-refractivity contribution is 6.30. The lowest BCUT2D eigenvalue weighted by molar-refractivity contribution is -0.137. The van der Waals surface area contributed by atoms with Crippen LogP contribution in [-0.2, 0) is 25.5 Å². The van der Waals surface area contributed by atoms with E-state index in [-0.39, 0.29) is 18.1 Å². The van der Waals surface area contributed by atoms with E-state index in [1.54, 1.807) is 42.2 Å². The molecule has 1 amide bonds. The molecule has 0 fully saturated rings. The molecule has 0 radical (unpaired) electrons. The zero-order valence-corrected chi connectivity index (χ0v) is 20.8. The number of allylic oxidation sites excluding steroid dienone is 2. The van der Waals surface area contributed by atoms with Crippen molar-refractivity contribution < 1.29 is 23.9 Å². The number of para-hydroxylation sites is 1. The molecule has 1 aliphatic rings. The second-order valence-electron chi connectivity index (χ2n) is 8.42. The molecule has 0 saturated carbocycles. The van der Waals surface area contributed by atoms with Crippen molar-refractivity contribution in [3.05, 3.63) is 113 Å². The number of rotatable bonds is 9. The summed E-state index contributed by atoms with van der Waals surface area (Å²) >= 11 is 0. The van der Waals surface area contributed by atoms with Gasteiger partial charge >= 0.3 is 5.97 Å². The highest BCUT2D eigenvalue weighted by Crippen LogP contribution is 2.35. The second-order valence-corrected chi connectivity index (χ2v) is 8.42. The number of ether oxygens (including phenoxy) is 2. The van der Waals surface area contributed by atoms with Crippen LogP contribution in [0.15, 0.2) is 102 Å². The number of carbonyl (C=O) groups is 3. The molecule has 1 heterocycles. The number of carbonyl (C=O) groups excluding carboxylic acids is 3. The van der Waals surface area contributed by atoms with Gasteiger partial charge in [-0.25, -0.2) is 4.79 Å². The first-order chi connectivity index (χ1) is 18.0. The summed E-state index contributed by atoms with van der Waals surface area (Å²) in [6, 6.07) is 26.3. The van der Waals surface area contributed by atoms with E-state index in [4.69, 9.17) is 9.47 Å². The van der Waals surface area contributed by atoms with E-state index in [1.807, 2.05) is 60.7 Å². The standard InChI is InChI=1S/C30H28N2O5/c1-21-28(30(35)36-2)29(34)26(32(21)24-11-7-4-8-12-24)19-23-13-15-25(16-14-23)37-20-27(33)31-18-17-22-9-5-3-6-10-22/h3-16,19H,17-18,20H2,1-2H3,(H,31,33)/b26-19-. The average Bonchev–Trinajstić information content (AvgIpc) is 3.17. The lowest BCUT2D eigenvalue weighted by Crippen LogP contribution is -2.30. The van der Waals surface area contributed by atoms with E-state index >= 15 is 0 Å². The molecule has 3 aromatic rings. The Labute approximate surface area is 216 Å². The van der Waals surface area contributed by atoms with E-state index in [0.717, 1.165) is 23.2 Å². The summed E-state index contributed by atoms with van der Waals surface area (Å²) in [4.78, 5) is 39.4. The molecule has 0 aromatic heterocycles. The van der Waals surface area contributed by atoms with Crippen molar-refractivity contribution in [2.45, 2.75) is 13.3 Å². The van der Waals surface area contributed by atoms with Gasteiger partial charge in [0.25, 0.3) is 5.91 Å². The predicted octanol–water partition coefficient (Wildman–Crippen LogP) is 4.30. The number of ketones is 1. The Morgan fingerprint density at radius 2 is 1.57 bits per heavy atom. The molecule has 3 aromatic carbocycles. The summed E-state index contributed by atoms with van der Waals surface area (Å²) in [6.45, 7) is 2.16. The molecular formula is C30H28N2O5. The first kappa shape index (κ1) is 25.4. The van der Waals surface area contributed by atoms with Crippen LogP contribution in [0, 0.1) is 0 Å². The van der Waals surface area contributed by atoms with E-state index in [2.05, 4.69) is 5.32 Å². The van der Waals surface area contributed by atoms with Gasteiger partial charge in [-0.05, 0) is 54.8 Å². The van der Waals surface area contributed by atoms with Gasteiger partial charge in [0.1, 0.15) is 11.3 Å². The van der Waals surface area contributed by atoms with Gasteiger partial charge in [0, 0.05) is 17.9 Å². The zero-order chi connectivity index (χ0) is 26.2. The number of hydrogen-bond donors (Lipinski definition) is 1. The number of hydrogen-bond acceptors (Lipinski definition) is 6. The first-order valence-corrected chi connectivity index (χ1v) is 11.9. The smallest absolute Gasteiger partial charge is 0.343 e. The van der Waals surface area contributed by atoms with Crippen LogP contribution in [0.5, 0.6) is 5.75 Å². The number of nitrogens with zero attached hydrogens (tertiary/aromatic N) is 1. The number of anilines is 1. The molecule has 0 spiro atoms. The Hall–Kier alpha value is -4.65. The highest BCUT2D eigenvalue weighted by Gasteiger charge is 2.38. The Kier molecular flexibility index (Phi) is 8.15. The molecule has 188 valence electrons. The molecule has 7 heteroatoms. The third-order valence-corrected chi connectivity index (χ3v) is 5.93. The Morgan fingerprint density at radius 1 is 0.919 bits per heavy atom. The van der Waals surface area contributed by atoms with Crippen LogP contribution >= 0.6 is 0 Å². The lowest BCUT2D eigenvalue weighted by Gasteiger charge is -2.21. The van der Waals surface area contributed by atoms with Gasteiger partial charge in [-0.15, -0.1) is 0 Å². The fourth-order valence-electron chi connectivity index (χ4n) is 4.08. The molecule has 0 unspecified atom stereocenters. The molecule has 1 aliphatic heterocycles. The number of nitrogens with one attached hydrogen (secondary N) is 1. The maximum atomic E-state index is 13.2. The monoisotopic (exact) mass is 496 g/mol. The van der Waals surface area contributed by atoms with Gasteiger partial charge in [0.2, 0.25) is 5.78 Å². The first-order valence-electron chi connectivity index (χ1n) is 11.9. The maximum Gasteiger partial charge on any atom is 0.343 e. The lowest BCUT2D eigenvalue weighted by atomic mass is 10.1. The van der Waals surface area contributed by atoms with Gasteiger partial charge in [0.15, 0.2) is 6.61 Å². The third-order valence-electron chi connectivity index (χ3n) is 5.93. The topological polar surface area (TPSA) is 84.9 Å². The zero-order valence-electron chi connectivity index (χ0n) is 20.8. The minimum absolute atomic E-state index is 0.0100. The van der Waals surface area contributed by atoms with Crippen molar-refractivity contribution in [3.63, 3.8) is 0 Å². The van der Waals surface area contributed by atoms with Crippen molar-refractivity contribution in [2.75, 3.05) is 25.2 Å². The Morgan fingerprint density at radius 3 is 2.22 bits per heavy atom.